The second-order valence-electron chi connectivity index (χ2n) is 7.46. The van der Waals surface area contributed by atoms with E-state index in [0.717, 1.165) is 16.9 Å². The van der Waals surface area contributed by atoms with Crippen LogP contribution >= 0.6 is 0 Å². The summed E-state index contributed by atoms with van der Waals surface area (Å²) in [5, 5.41) is 8.56. The van der Waals surface area contributed by atoms with E-state index >= 15 is 0 Å². The highest BCUT2D eigenvalue weighted by molar-refractivity contribution is 5.90. The molecular weight excluding hydrogens is 450 g/mol. The van der Waals surface area contributed by atoms with E-state index in [0.29, 0.717) is 49.9 Å². The normalized spacial score (nSPS) is 10.8. The SMILES string of the molecule is CCc1nc(N)nc(N)c1OCCCOc1cccc(COc2cccc(C=CC(=O)NO)c2)c1. The van der Waals surface area contributed by atoms with Gasteiger partial charge in [0.05, 0.1) is 18.9 Å². The van der Waals surface area contributed by atoms with E-state index in [1.54, 1.807) is 17.6 Å². The zero-order valence-electron chi connectivity index (χ0n) is 19.4. The molecule has 0 saturated heterocycles. The Morgan fingerprint density at radius 1 is 1.03 bits per heavy atom. The standard InChI is InChI=1S/C25H29N5O5/c1-2-21-23(24(26)29-25(27)28-21)34-13-5-12-33-19-8-4-7-18(15-19)16-35-20-9-3-6-17(14-20)10-11-22(31)30-32/h3-4,6-11,14-15,32H,2,5,12-13,16H2,1H3,(H,30,31)(H4,26,27,28,29). The third kappa shape index (κ3) is 7.90. The molecule has 1 amide bonds. The second-order valence-corrected chi connectivity index (χ2v) is 7.46. The third-order valence-electron chi connectivity index (χ3n) is 4.82. The lowest BCUT2D eigenvalue weighted by Crippen LogP contribution is -2.14. The van der Waals surface area contributed by atoms with Crippen LogP contribution in [0.3, 0.4) is 0 Å². The van der Waals surface area contributed by atoms with Crippen molar-refractivity contribution in [2.75, 3.05) is 24.7 Å². The molecule has 3 aromatic rings. The van der Waals surface area contributed by atoms with Crippen LogP contribution in [0, 0.1) is 0 Å². The number of carbonyl (C=O) groups is 1. The Bertz CT molecular complexity index is 1170. The summed E-state index contributed by atoms with van der Waals surface area (Å²) in [6, 6.07) is 14.9. The van der Waals surface area contributed by atoms with Gasteiger partial charge in [-0.25, -0.2) is 10.5 Å². The van der Waals surface area contributed by atoms with Crippen LogP contribution in [0.5, 0.6) is 17.2 Å². The molecule has 0 radical (unpaired) electrons. The fourth-order valence-electron chi connectivity index (χ4n) is 3.17. The predicted molar refractivity (Wildman–Crippen MR) is 132 cm³/mol. The molecule has 0 spiro atoms. The Labute approximate surface area is 203 Å². The highest BCUT2D eigenvalue weighted by Gasteiger charge is 2.11. The molecule has 10 nitrogen and oxygen atoms in total. The topological polar surface area (TPSA) is 155 Å². The lowest BCUT2D eigenvalue weighted by molar-refractivity contribution is -0.124. The summed E-state index contributed by atoms with van der Waals surface area (Å²) in [5.41, 5.74) is 15.5. The number of aryl methyl sites for hydroxylation is 1. The van der Waals surface area contributed by atoms with E-state index in [-0.39, 0.29) is 11.8 Å². The molecule has 0 aliphatic heterocycles. The lowest BCUT2D eigenvalue weighted by Gasteiger charge is -2.13. The molecule has 2 aromatic carbocycles. The first-order chi connectivity index (χ1) is 17.0. The Balaban J connectivity index is 1.46. The van der Waals surface area contributed by atoms with Crippen LogP contribution in [0.1, 0.15) is 30.2 Å². The van der Waals surface area contributed by atoms with Crippen LogP contribution in [0.4, 0.5) is 11.8 Å². The number of amides is 1. The molecule has 0 unspecified atom stereocenters. The van der Waals surface area contributed by atoms with Gasteiger partial charge in [0.2, 0.25) is 5.95 Å². The lowest BCUT2D eigenvalue weighted by atomic mass is 10.2. The molecule has 184 valence electrons. The number of ether oxygens (including phenoxy) is 3. The van der Waals surface area contributed by atoms with Gasteiger partial charge >= 0.3 is 0 Å². The maximum Gasteiger partial charge on any atom is 0.267 e. The molecular formula is C25H29N5O5. The largest absolute Gasteiger partial charge is 0.493 e. The smallest absolute Gasteiger partial charge is 0.267 e. The zero-order valence-corrected chi connectivity index (χ0v) is 19.4. The summed E-state index contributed by atoms with van der Waals surface area (Å²) in [5.74, 6) is 1.61. The number of benzene rings is 2. The maximum absolute atomic E-state index is 11.1. The van der Waals surface area contributed by atoms with Gasteiger partial charge in [-0.2, -0.15) is 4.98 Å². The van der Waals surface area contributed by atoms with E-state index < -0.39 is 5.91 Å². The van der Waals surface area contributed by atoms with Gasteiger partial charge in [0.15, 0.2) is 11.6 Å². The molecule has 1 aromatic heterocycles. The molecule has 6 N–H and O–H groups in total. The Kier molecular flexibility index (Phi) is 9.26. The molecule has 0 aliphatic rings. The van der Waals surface area contributed by atoms with E-state index in [1.807, 2.05) is 49.4 Å². The van der Waals surface area contributed by atoms with Crippen LogP contribution < -0.4 is 31.2 Å². The Morgan fingerprint density at radius 3 is 2.54 bits per heavy atom. The minimum atomic E-state index is -0.603. The summed E-state index contributed by atoms with van der Waals surface area (Å²) in [4.78, 5) is 19.2. The van der Waals surface area contributed by atoms with Gasteiger partial charge in [0.1, 0.15) is 18.1 Å². The highest BCUT2D eigenvalue weighted by Crippen LogP contribution is 2.25. The van der Waals surface area contributed by atoms with E-state index in [1.165, 1.54) is 6.08 Å². The fourth-order valence-corrected chi connectivity index (χ4v) is 3.17. The monoisotopic (exact) mass is 479 g/mol. The number of hydroxylamine groups is 1. The molecule has 3 rings (SSSR count). The van der Waals surface area contributed by atoms with Crippen LogP contribution in [-0.4, -0.2) is 34.3 Å². The van der Waals surface area contributed by atoms with Gasteiger partial charge < -0.3 is 25.7 Å². The number of nitrogens with zero attached hydrogens (tertiary/aromatic N) is 2. The number of hydrogen-bond donors (Lipinski definition) is 4. The van der Waals surface area contributed by atoms with Crippen molar-refractivity contribution >= 4 is 23.7 Å². The average Bonchev–Trinajstić information content (AvgIpc) is 2.87. The molecule has 0 atom stereocenters. The quantitative estimate of drug-likeness (QED) is 0.133. The van der Waals surface area contributed by atoms with Crippen LogP contribution in [0.25, 0.3) is 6.08 Å². The van der Waals surface area contributed by atoms with Crippen molar-refractivity contribution < 1.29 is 24.2 Å². The number of nitrogen functional groups attached to an aromatic ring is 2. The van der Waals surface area contributed by atoms with Crippen LogP contribution in [-0.2, 0) is 17.8 Å². The Morgan fingerprint density at radius 2 is 1.77 bits per heavy atom. The van der Waals surface area contributed by atoms with Gasteiger partial charge in [-0.1, -0.05) is 31.2 Å². The first kappa shape index (κ1) is 25.3. The van der Waals surface area contributed by atoms with E-state index in [2.05, 4.69) is 9.97 Å². The average molecular weight is 480 g/mol. The number of nitrogens with one attached hydrogen (secondary N) is 1. The van der Waals surface area contributed by atoms with Gasteiger partial charge in [-0.3, -0.25) is 10.0 Å². The number of hydrogen-bond acceptors (Lipinski definition) is 9. The van der Waals surface area contributed by atoms with Crippen LogP contribution in [0.2, 0.25) is 0 Å². The number of rotatable bonds is 12. The fraction of sp³-hybridized carbons (Fsp3) is 0.240. The number of aromatic nitrogens is 2. The Hall–Kier alpha value is -4.31. The number of nitrogens with two attached hydrogens (primary N) is 2. The summed E-state index contributed by atoms with van der Waals surface area (Å²) >= 11 is 0. The second kappa shape index (κ2) is 12.8. The minimum Gasteiger partial charge on any atom is -0.493 e. The molecule has 0 fully saturated rings. The van der Waals surface area contributed by atoms with Crippen molar-refractivity contribution in [3.63, 3.8) is 0 Å². The van der Waals surface area contributed by atoms with Crippen molar-refractivity contribution in [2.24, 2.45) is 0 Å². The van der Waals surface area contributed by atoms with Crippen molar-refractivity contribution in [1.82, 2.24) is 15.4 Å². The molecule has 0 bridgehead atoms. The highest BCUT2D eigenvalue weighted by atomic mass is 16.5. The minimum absolute atomic E-state index is 0.135. The number of anilines is 2. The van der Waals surface area contributed by atoms with Crippen molar-refractivity contribution in [3.05, 3.63) is 71.4 Å². The van der Waals surface area contributed by atoms with Crippen molar-refractivity contribution in [2.45, 2.75) is 26.4 Å². The molecule has 1 heterocycles. The summed E-state index contributed by atoms with van der Waals surface area (Å²) in [6.45, 7) is 3.15. The molecule has 0 saturated carbocycles. The summed E-state index contributed by atoms with van der Waals surface area (Å²) < 4.78 is 17.5. The van der Waals surface area contributed by atoms with E-state index in [9.17, 15) is 4.79 Å². The first-order valence-corrected chi connectivity index (χ1v) is 11.1. The first-order valence-electron chi connectivity index (χ1n) is 11.1. The van der Waals surface area contributed by atoms with Crippen molar-refractivity contribution in [3.8, 4) is 17.2 Å². The zero-order chi connectivity index (χ0) is 25.0. The molecule has 0 aliphatic carbocycles. The van der Waals surface area contributed by atoms with Crippen molar-refractivity contribution in [1.29, 1.82) is 0 Å². The van der Waals surface area contributed by atoms with Crippen LogP contribution in [0.15, 0.2) is 54.6 Å². The number of carbonyl (C=O) groups excluding carboxylic acids is 1. The maximum atomic E-state index is 11.1. The van der Waals surface area contributed by atoms with E-state index in [4.69, 9.17) is 30.9 Å². The molecule has 10 heteroatoms. The van der Waals surface area contributed by atoms with Gasteiger partial charge in [0.25, 0.3) is 5.91 Å². The third-order valence-corrected chi connectivity index (χ3v) is 4.82. The summed E-state index contributed by atoms with van der Waals surface area (Å²) in [6.07, 6.45) is 4.09. The van der Waals surface area contributed by atoms with Gasteiger partial charge in [-0.05, 0) is 47.9 Å². The summed E-state index contributed by atoms with van der Waals surface area (Å²) in [7, 11) is 0. The van der Waals surface area contributed by atoms with Gasteiger partial charge in [0, 0.05) is 12.5 Å². The van der Waals surface area contributed by atoms with Gasteiger partial charge in [-0.15, -0.1) is 0 Å². The molecule has 35 heavy (non-hydrogen) atoms. The predicted octanol–water partition coefficient (Wildman–Crippen LogP) is 3.15.